The smallest absolute Gasteiger partial charge is 0.378 e. The van der Waals surface area contributed by atoms with E-state index < -0.39 is 36.1 Å². The summed E-state index contributed by atoms with van der Waals surface area (Å²) in [4.78, 5) is 36.2. The second kappa shape index (κ2) is 13.7. The predicted octanol–water partition coefficient (Wildman–Crippen LogP) is 3.39. The standard InChI is InChI=1S/C23H29F5N9O3.Y/c1-3-39-18-13-31-16(12-32-18)33-20(38)36(2)15-14-37(11-7-22(15,24)25)19-30-8-4-17(34-19)40-35-21(23(26,27)28)5-9-29-10-6-21;/h4,8,12-13,15,29H,3,5-7,9-11,14H2,1-2H3,(H,31,33,38);/q-1;. The zero-order valence-corrected chi connectivity index (χ0v) is 25.2. The number of hydrogen-bond donors (Lipinski definition) is 2. The first kappa shape index (κ1) is 33.0. The van der Waals surface area contributed by atoms with E-state index in [4.69, 9.17) is 9.57 Å². The van der Waals surface area contributed by atoms with Crippen molar-refractivity contribution in [2.24, 2.45) is 0 Å². The third-order valence-electron chi connectivity index (χ3n) is 6.71. The first-order valence-corrected chi connectivity index (χ1v) is 12.6. The van der Waals surface area contributed by atoms with Gasteiger partial charge in [-0.3, -0.25) is 5.32 Å². The Morgan fingerprint density at radius 3 is 2.56 bits per heavy atom. The number of piperidine rings is 2. The Labute approximate surface area is 258 Å². The SMILES string of the molecule is CCOc1cnc(NC(=O)N(C)C2CN(c3nccc(O[N-]C4(C(F)(F)F)CCNCC4)n3)CCC2(F)F)cn1.[Y]. The van der Waals surface area contributed by atoms with Crippen LogP contribution < -0.4 is 25.1 Å². The summed E-state index contributed by atoms with van der Waals surface area (Å²) in [6, 6.07) is -1.20. The van der Waals surface area contributed by atoms with Crippen LogP contribution >= 0.6 is 0 Å². The maximum absolute atomic E-state index is 14.9. The van der Waals surface area contributed by atoms with Gasteiger partial charge in [-0.25, -0.2) is 28.5 Å². The van der Waals surface area contributed by atoms with E-state index in [2.05, 4.69) is 36.0 Å². The van der Waals surface area contributed by atoms with Crippen LogP contribution in [0, 0.1) is 0 Å². The molecule has 2 saturated heterocycles. The zero-order valence-electron chi connectivity index (χ0n) is 22.4. The molecule has 0 saturated carbocycles. The van der Waals surface area contributed by atoms with E-state index in [-0.39, 0.29) is 95.3 Å². The van der Waals surface area contributed by atoms with E-state index >= 15 is 0 Å². The summed E-state index contributed by atoms with van der Waals surface area (Å²) in [6.07, 6.45) is -2.09. The molecule has 0 aliphatic carbocycles. The molecule has 18 heteroatoms. The molecule has 12 nitrogen and oxygen atoms in total. The first-order valence-electron chi connectivity index (χ1n) is 12.6. The average Bonchev–Trinajstić information content (AvgIpc) is 2.93. The third kappa shape index (κ3) is 7.87. The molecule has 2 aliphatic rings. The van der Waals surface area contributed by atoms with Crippen LogP contribution in [0.25, 0.3) is 5.48 Å². The van der Waals surface area contributed by atoms with Gasteiger partial charge in [-0.1, -0.05) is 0 Å². The molecule has 2 aromatic rings. The number of aromatic nitrogens is 4. The number of nitrogens with zero attached hydrogens (tertiary/aromatic N) is 7. The summed E-state index contributed by atoms with van der Waals surface area (Å²) < 4.78 is 76.3. The van der Waals surface area contributed by atoms with Gasteiger partial charge in [0.2, 0.25) is 17.7 Å². The van der Waals surface area contributed by atoms with Crippen molar-refractivity contribution < 1.29 is 69.0 Å². The van der Waals surface area contributed by atoms with Crippen LogP contribution in [0.15, 0.2) is 24.7 Å². The van der Waals surface area contributed by atoms with Crippen molar-refractivity contribution in [3.63, 3.8) is 0 Å². The Kier molecular flexibility index (Phi) is 11.0. The molecule has 2 amide bonds. The van der Waals surface area contributed by atoms with Crippen molar-refractivity contribution in [3.05, 3.63) is 30.1 Å². The first-order chi connectivity index (χ1) is 18.9. The topological polar surface area (TPSA) is 132 Å². The molecule has 4 rings (SSSR count). The van der Waals surface area contributed by atoms with Crippen LogP contribution in [-0.4, -0.2) is 94.4 Å². The number of rotatable bonds is 8. The Morgan fingerprint density at radius 2 is 1.93 bits per heavy atom. The molecule has 2 N–H and O–H groups in total. The number of hydroxylamine groups is 1. The van der Waals surface area contributed by atoms with Crippen molar-refractivity contribution in [2.45, 2.75) is 49.9 Å². The van der Waals surface area contributed by atoms with Crippen LogP contribution in [0.1, 0.15) is 26.2 Å². The number of carbonyl (C=O) groups excluding carboxylic acids is 1. The molecular weight excluding hydrogens is 634 g/mol. The van der Waals surface area contributed by atoms with Gasteiger partial charge < -0.3 is 30.2 Å². The summed E-state index contributed by atoms with van der Waals surface area (Å²) in [7, 11) is 1.22. The van der Waals surface area contributed by atoms with Gasteiger partial charge >= 0.3 is 12.2 Å². The van der Waals surface area contributed by atoms with Gasteiger partial charge in [0.1, 0.15) is 6.04 Å². The van der Waals surface area contributed by atoms with Crippen molar-refractivity contribution in [3.8, 4) is 11.8 Å². The van der Waals surface area contributed by atoms with E-state index in [1.807, 2.05) is 0 Å². The maximum Gasteiger partial charge on any atom is 0.378 e. The van der Waals surface area contributed by atoms with Gasteiger partial charge in [0.25, 0.3) is 5.92 Å². The van der Waals surface area contributed by atoms with E-state index in [1.165, 1.54) is 36.6 Å². The van der Waals surface area contributed by atoms with Crippen molar-refractivity contribution in [2.75, 3.05) is 50.1 Å². The maximum atomic E-state index is 14.9. The fourth-order valence-corrected chi connectivity index (χ4v) is 4.35. The van der Waals surface area contributed by atoms with Gasteiger partial charge in [0.15, 0.2) is 5.82 Å². The number of halogens is 5. The minimum Gasteiger partial charge on any atom is -0.573 e. The number of carbonyl (C=O) groups is 1. The molecule has 2 aliphatic heterocycles. The Hall–Kier alpha value is -2.50. The van der Waals surface area contributed by atoms with Crippen LogP contribution in [0.5, 0.6) is 11.8 Å². The number of urea groups is 1. The fourth-order valence-electron chi connectivity index (χ4n) is 4.35. The second-order valence-corrected chi connectivity index (χ2v) is 9.34. The van der Waals surface area contributed by atoms with Crippen LogP contribution in [-0.2, 0) is 32.7 Å². The average molecular weight is 663 g/mol. The molecule has 1 atom stereocenters. The number of likely N-dealkylation sites (N-methyl/N-ethyl adjacent to an activating group) is 1. The Morgan fingerprint density at radius 1 is 1.20 bits per heavy atom. The van der Waals surface area contributed by atoms with Crippen molar-refractivity contribution in [1.29, 1.82) is 0 Å². The molecule has 41 heavy (non-hydrogen) atoms. The van der Waals surface area contributed by atoms with Gasteiger partial charge in [-0.05, 0) is 32.9 Å². The number of nitrogens with one attached hydrogen (secondary N) is 2. The molecule has 0 aromatic carbocycles. The van der Waals surface area contributed by atoms with Crippen LogP contribution in [0.4, 0.5) is 38.5 Å². The number of amides is 2. The van der Waals surface area contributed by atoms with Gasteiger partial charge in [0.05, 0.1) is 19.0 Å². The second-order valence-electron chi connectivity index (χ2n) is 9.34. The molecule has 4 heterocycles. The summed E-state index contributed by atoms with van der Waals surface area (Å²) in [5.74, 6) is -3.28. The number of ether oxygens (including phenoxy) is 1. The number of anilines is 2. The summed E-state index contributed by atoms with van der Waals surface area (Å²) in [5, 5.41) is 5.28. The number of alkyl halides is 5. The van der Waals surface area contributed by atoms with E-state index in [0.717, 1.165) is 4.90 Å². The molecule has 0 spiro atoms. The Balaban J connectivity index is 0.00000462. The molecule has 223 valence electrons. The molecular formula is C23H29F5N9O3Y-. The zero-order chi connectivity index (χ0) is 29.0. The number of hydrogen-bond acceptors (Lipinski definition) is 9. The largest absolute Gasteiger partial charge is 0.573 e. The van der Waals surface area contributed by atoms with E-state index in [9.17, 15) is 26.7 Å². The summed E-state index contributed by atoms with van der Waals surface area (Å²) in [5.41, 5.74) is 1.13. The van der Waals surface area contributed by atoms with Gasteiger partial charge in [0, 0.05) is 77.1 Å². The quantitative estimate of drug-likeness (QED) is 0.323. The molecule has 2 fully saturated rings. The van der Waals surface area contributed by atoms with E-state index in [0.29, 0.717) is 6.61 Å². The molecule has 0 bridgehead atoms. The predicted molar refractivity (Wildman–Crippen MR) is 132 cm³/mol. The van der Waals surface area contributed by atoms with Crippen LogP contribution in [0.2, 0.25) is 0 Å². The van der Waals surface area contributed by atoms with Crippen molar-refractivity contribution >= 4 is 17.8 Å². The van der Waals surface area contributed by atoms with Gasteiger partial charge in [-0.15, -0.1) is 0 Å². The summed E-state index contributed by atoms with van der Waals surface area (Å²) in [6.45, 7) is 1.86. The molecule has 2 aromatic heterocycles. The monoisotopic (exact) mass is 663 g/mol. The van der Waals surface area contributed by atoms with Crippen molar-refractivity contribution in [1.82, 2.24) is 30.2 Å². The molecule has 1 radical (unpaired) electrons. The summed E-state index contributed by atoms with van der Waals surface area (Å²) >= 11 is 0. The minimum absolute atomic E-state index is 0. The van der Waals surface area contributed by atoms with Gasteiger partial charge in [-0.2, -0.15) is 18.2 Å². The van der Waals surface area contributed by atoms with E-state index in [1.54, 1.807) is 6.92 Å². The minimum atomic E-state index is -4.63. The normalized spacial score (nSPS) is 20.0. The molecule has 1 unspecified atom stereocenters. The van der Waals surface area contributed by atoms with Crippen LogP contribution in [0.3, 0.4) is 0 Å². The fraction of sp³-hybridized carbons (Fsp3) is 0.609. The third-order valence-corrected chi connectivity index (χ3v) is 6.71. The Bertz CT molecular complexity index is 1160.